The zero-order chi connectivity index (χ0) is 12.8. The predicted molar refractivity (Wildman–Crippen MR) is 63.7 cm³/mol. The highest BCUT2D eigenvalue weighted by Crippen LogP contribution is 2.16. The Labute approximate surface area is 99.2 Å². The number of benzene rings is 1. The van der Waals surface area contributed by atoms with Crippen molar-refractivity contribution in [2.45, 2.75) is 20.3 Å². The molecular weight excluding hydrogens is 226 g/mol. The minimum absolute atomic E-state index is 0.393. The van der Waals surface area contributed by atoms with Crippen molar-refractivity contribution < 1.29 is 13.6 Å². The van der Waals surface area contributed by atoms with E-state index in [9.17, 15) is 13.6 Å². The second-order valence-corrected chi connectivity index (χ2v) is 3.66. The zero-order valence-corrected chi connectivity index (χ0v) is 9.89. The normalized spacial score (nSPS) is 10.4. The third-order valence-electron chi connectivity index (χ3n) is 2.27. The highest BCUT2D eigenvalue weighted by molar-refractivity contribution is 5.94. The van der Waals surface area contributed by atoms with Crippen LogP contribution >= 0.6 is 0 Å². The summed E-state index contributed by atoms with van der Waals surface area (Å²) in [7, 11) is 0. The van der Waals surface area contributed by atoms with Gasteiger partial charge in [-0.25, -0.2) is 8.78 Å². The van der Waals surface area contributed by atoms with Crippen LogP contribution in [0.5, 0.6) is 0 Å². The van der Waals surface area contributed by atoms with Crippen LogP contribution in [0.1, 0.15) is 22.8 Å². The summed E-state index contributed by atoms with van der Waals surface area (Å²) in [5, 5.41) is 5.31. The fraction of sp³-hybridized carbons (Fsp3) is 0.417. The molecule has 0 bridgehead atoms. The maximum atomic E-state index is 11.9. The molecule has 94 valence electrons. The Balaban J connectivity index is 2.72. The van der Waals surface area contributed by atoms with Gasteiger partial charge in [0.05, 0.1) is 6.54 Å². The second-order valence-electron chi connectivity index (χ2n) is 3.66. The van der Waals surface area contributed by atoms with Gasteiger partial charge in [0.2, 0.25) is 0 Å². The monoisotopic (exact) mass is 242 g/mol. The van der Waals surface area contributed by atoms with Gasteiger partial charge in [0, 0.05) is 17.8 Å². The quantitative estimate of drug-likeness (QED) is 0.832. The van der Waals surface area contributed by atoms with Crippen molar-refractivity contribution in [3.05, 3.63) is 29.3 Å². The van der Waals surface area contributed by atoms with Crippen molar-refractivity contribution in [3.8, 4) is 0 Å². The van der Waals surface area contributed by atoms with Crippen LogP contribution < -0.4 is 10.6 Å². The van der Waals surface area contributed by atoms with Gasteiger partial charge in [-0.1, -0.05) is 0 Å². The average Bonchev–Trinajstić information content (AvgIpc) is 2.28. The number of anilines is 1. The van der Waals surface area contributed by atoms with E-state index in [1.807, 2.05) is 13.8 Å². The summed E-state index contributed by atoms with van der Waals surface area (Å²) < 4.78 is 23.9. The van der Waals surface area contributed by atoms with Crippen molar-refractivity contribution >= 4 is 11.6 Å². The van der Waals surface area contributed by atoms with Crippen LogP contribution in [-0.4, -0.2) is 25.4 Å². The topological polar surface area (TPSA) is 41.1 Å². The zero-order valence-electron chi connectivity index (χ0n) is 9.89. The molecule has 0 heterocycles. The summed E-state index contributed by atoms with van der Waals surface area (Å²) >= 11 is 0. The van der Waals surface area contributed by atoms with E-state index in [1.54, 1.807) is 18.2 Å². The summed E-state index contributed by atoms with van der Waals surface area (Å²) in [6.07, 6.45) is -2.53. The van der Waals surface area contributed by atoms with Gasteiger partial charge < -0.3 is 10.6 Å². The van der Waals surface area contributed by atoms with Crippen molar-refractivity contribution in [3.63, 3.8) is 0 Å². The molecule has 17 heavy (non-hydrogen) atoms. The Morgan fingerprint density at radius 2 is 2.12 bits per heavy atom. The first-order valence-electron chi connectivity index (χ1n) is 5.45. The van der Waals surface area contributed by atoms with Gasteiger partial charge in [-0.2, -0.15) is 0 Å². The first-order chi connectivity index (χ1) is 8.04. The lowest BCUT2D eigenvalue weighted by Gasteiger charge is -2.09. The molecule has 1 amide bonds. The van der Waals surface area contributed by atoms with E-state index < -0.39 is 18.9 Å². The third kappa shape index (κ3) is 4.01. The first-order valence-corrected chi connectivity index (χ1v) is 5.45. The molecule has 0 radical (unpaired) electrons. The summed E-state index contributed by atoms with van der Waals surface area (Å²) in [6, 6.07) is 5.07. The molecule has 0 saturated carbocycles. The molecule has 1 aromatic carbocycles. The highest BCUT2D eigenvalue weighted by atomic mass is 19.3. The Bertz CT molecular complexity index is 394. The summed E-state index contributed by atoms with van der Waals surface area (Å²) in [6.45, 7) is 4.01. The summed E-state index contributed by atoms with van der Waals surface area (Å²) in [5.74, 6) is -0.476. The van der Waals surface area contributed by atoms with Crippen LogP contribution in [0, 0.1) is 6.92 Å². The lowest BCUT2D eigenvalue weighted by Crippen LogP contribution is -2.28. The molecule has 0 aromatic heterocycles. The number of hydrogen-bond acceptors (Lipinski definition) is 2. The Kier molecular flexibility index (Phi) is 4.87. The van der Waals surface area contributed by atoms with Crippen LogP contribution in [-0.2, 0) is 0 Å². The van der Waals surface area contributed by atoms with Crippen LogP contribution in [0.2, 0.25) is 0 Å². The largest absolute Gasteiger partial charge is 0.385 e. The molecule has 3 nitrogen and oxygen atoms in total. The van der Waals surface area contributed by atoms with Crippen LogP contribution in [0.3, 0.4) is 0 Å². The number of aryl methyl sites for hydroxylation is 1. The van der Waals surface area contributed by atoms with E-state index in [0.29, 0.717) is 5.56 Å². The summed E-state index contributed by atoms with van der Waals surface area (Å²) in [5.41, 5.74) is 2.25. The van der Waals surface area contributed by atoms with Gasteiger partial charge in [0.1, 0.15) is 0 Å². The minimum Gasteiger partial charge on any atom is -0.385 e. The predicted octanol–water partition coefficient (Wildman–Crippen LogP) is 2.42. The molecule has 1 rings (SSSR count). The third-order valence-corrected chi connectivity index (χ3v) is 2.27. The molecule has 1 aromatic rings. The van der Waals surface area contributed by atoms with Gasteiger partial charge in [0.25, 0.3) is 12.3 Å². The fourth-order valence-corrected chi connectivity index (χ4v) is 1.47. The molecule has 0 spiro atoms. The Morgan fingerprint density at radius 3 is 2.65 bits per heavy atom. The Morgan fingerprint density at radius 1 is 1.41 bits per heavy atom. The van der Waals surface area contributed by atoms with Gasteiger partial charge in [-0.15, -0.1) is 0 Å². The maximum absolute atomic E-state index is 11.9. The standard InChI is InChI=1S/C12H16F2N2O/c1-3-15-10-5-4-9(6-8(10)2)12(17)16-7-11(13)14/h4-6,11,15H,3,7H2,1-2H3,(H,16,17). The molecule has 0 atom stereocenters. The van der Waals surface area contributed by atoms with Crippen molar-refractivity contribution in [2.75, 3.05) is 18.4 Å². The van der Waals surface area contributed by atoms with Crippen LogP contribution in [0.4, 0.5) is 14.5 Å². The molecule has 0 fully saturated rings. The number of halogens is 2. The SMILES string of the molecule is CCNc1ccc(C(=O)NCC(F)F)cc1C. The highest BCUT2D eigenvalue weighted by Gasteiger charge is 2.09. The number of carbonyl (C=O) groups is 1. The lowest BCUT2D eigenvalue weighted by molar-refractivity contribution is 0.0891. The molecule has 0 aliphatic carbocycles. The number of nitrogens with one attached hydrogen (secondary N) is 2. The Hall–Kier alpha value is -1.65. The van der Waals surface area contributed by atoms with Gasteiger partial charge in [-0.3, -0.25) is 4.79 Å². The molecule has 0 aliphatic rings. The number of amides is 1. The summed E-state index contributed by atoms with van der Waals surface area (Å²) in [4.78, 5) is 11.5. The smallest absolute Gasteiger partial charge is 0.255 e. The van der Waals surface area contributed by atoms with E-state index in [-0.39, 0.29) is 0 Å². The van der Waals surface area contributed by atoms with Crippen molar-refractivity contribution in [2.24, 2.45) is 0 Å². The van der Waals surface area contributed by atoms with E-state index in [0.717, 1.165) is 17.8 Å². The number of hydrogen-bond donors (Lipinski definition) is 2. The number of rotatable bonds is 5. The molecule has 0 saturated heterocycles. The average molecular weight is 242 g/mol. The van der Waals surface area contributed by atoms with Crippen LogP contribution in [0.15, 0.2) is 18.2 Å². The van der Waals surface area contributed by atoms with E-state index in [2.05, 4.69) is 10.6 Å². The van der Waals surface area contributed by atoms with Crippen molar-refractivity contribution in [1.82, 2.24) is 5.32 Å². The van der Waals surface area contributed by atoms with Crippen LogP contribution in [0.25, 0.3) is 0 Å². The van der Waals surface area contributed by atoms with Gasteiger partial charge >= 0.3 is 0 Å². The molecule has 2 N–H and O–H groups in total. The number of carbonyl (C=O) groups excluding carboxylic acids is 1. The first kappa shape index (κ1) is 13.4. The minimum atomic E-state index is -2.53. The lowest BCUT2D eigenvalue weighted by atomic mass is 10.1. The fourth-order valence-electron chi connectivity index (χ4n) is 1.47. The number of alkyl halides is 2. The molecule has 0 aliphatic heterocycles. The molecule has 0 unspecified atom stereocenters. The van der Waals surface area contributed by atoms with E-state index in [1.165, 1.54) is 0 Å². The molecular formula is C12H16F2N2O. The van der Waals surface area contributed by atoms with E-state index in [4.69, 9.17) is 0 Å². The second kappa shape index (κ2) is 6.18. The van der Waals surface area contributed by atoms with Gasteiger partial charge in [-0.05, 0) is 37.6 Å². The van der Waals surface area contributed by atoms with E-state index >= 15 is 0 Å². The van der Waals surface area contributed by atoms with Crippen molar-refractivity contribution in [1.29, 1.82) is 0 Å². The molecule has 5 heteroatoms. The van der Waals surface area contributed by atoms with Gasteiger partial charge in [0.15, 0.2) is 0 Å². The maximum Gasteiger partial charge on any atom is 0.255 e.